The molecular formula is C34H40N2O3. The minimum Gasteiger partial charge on any atom is -0.508 e. The number of aryl methyl sites for hydroxylation is 1. The van der Waals surface area contributed by atoms with Gasteiger partial charge in [0.1, 0.15) is 11.8 Å². The average Bonchev–Trinajstić information content (AvgIpc) is 2.97. The first kappa shape index (κ1) is 25.9. The van der Waals surface area contributed by atoms with Crippen LogP contribution < -0.4 is 4.90 Å². The number of piperidine rings is 2. The number of hydrogen-bond donors (Lipinski definition) is 2. The number of likely N-dealkylation sites (tertiary alicyclic amines) is 1. The molecule has 3 atom stereocenters. The summed E-state index contributed by atoms with van der Waals surface area (Å²) in [5.41, 5.74) is 6.58. The predicted molar refractivity (Wildman–Crippen MR) is 156 cm³/mol. The highest BCUT2D eigenvalue weighted by molar-refractivity contribution is 5.73. The number of rotatable bonds is 6. The van der Waals surface area contributed by atoms with Crippen molar-refractivity contribution in [3.8, 4) is 5.75 Å². The van der Waals surface area contributed by atoms with E-state index in [1.165, 1.54) is 27.9 Å². The summed E-state index contributed by atoms with van der Waals surface area (Å²) in [7, 11) is 0. The average molecular weight is 525 g/mol. The molecule has 1 aliphatic carbocycles. The van der Waals surface area contributed by atoms with E-state index in [1.54, 1.807) is 0 Å². The number of aromatic hydroxyl groups is 1. The maximum Gasteiger partial charge on any atom is 0.320 e. The van der Waals surface area contributed by atoms with Crippen LogP contribution in [0.15, 0.2) is 72.8 Å². The molecule has 6 rings (SSSR count). The van der Waals surface area contributed by atoms with Gasteiger partial charge in [-0.05, 0) is 103 Å². The highest BCUT2D eigenvalue weighted by Crippen LogP contribution is 2.47. The third-order valence-corrected chi connectivity index (χ3v) is 9.44. The molecule has 0 unspecified atom stereocenters. The van der Waals surface area contributed by atoms with Crippen LogP contribution in [0.5, 0.6) is 5.75 Å². The number of hydrogen-bond acceptors (Lipinski definition) is 4. The largest absolute Gasteiger partial charge is 0.508 e. The Bertz CT molecular complexity index is 1270. The zero-order chi connectivity index (χ0) is 26.8. The fraction of sp³-hybridized carbons (Fsp3) is 0.441. The zero-order valence-corrected chi connectivity index (χ0v) is 22.7. The van der Waals surface area contributed by atoms with Gasteiger partial charge < -0.3 is 15.1 Å². The third-order valence-electron chi connectivity index (χ3n) is 9.44. The lowest BCUT2D eigenvalue weighted by Gasteiger charge is -2.39. The monoisotopic (exact) mass is 524 g/mol. The molecule has 3 aliphatic rings. The first-order chi connectivity index (χ1) is 19.1. The van der Waals surface area contributed by atoms with E-state index in [9.17, 15) is 15.0 Å². The number of aliphatic carboxylic acids is 1. The quantitative estimate of drug-likeness (QED) is 0.390. The molecule has 5 heteroatoms. The Morgan fingerprint density at radius 1 is 0.821 bits per heavy atom. The number of nitrogens with zero attached hydrogens (tertiary/aromatic N) is 2. The lowest BCUT2D eigenvalue weighted by molar-refractivity contribution is -0.144. The van der Waals surface area contributed by atoms with Crippen molar-refractivity contribution in [1.82, 2.24) is 4.90 Å². The van der Waals surface area contributed by atoms with Crippen LogP contribution in [0.25, 0.3) is 0 Å². The van der Waals surface area contributed by atoms with Gasteiger partial charge in [-0.25, -0.2) is 0 Å². The first-order valence-corrected chi connectivity index (χ1v) is 14.8. The second kappa shape index (κ2) is 11.4. The summed E-state index contributed by atoms with van der Waals surface area (Å²) in [6, 6.07) is 25.7. The summed E-state index contributed by atoms with van der Waals surface area (Å²) in [5, 5.41) is 19.8. The van der Waals surface area contributed by atoms with E-state index in [0.717, 1.165) is 71.1 Å². The Morgan fingerprint density at radius 2 is 1.59 bits per heavy atom. The van der Waals surface area contributed by atoms with E-state index in [1.807, 2.05) is 12.1 Å². The number of phenols is 1. The Morgan fingerprint density at radius 3 is 2.33 bits per heavy atom. The molecule has 0 saturated carbocycles. The molecule has 0 amide bonds. The number of benzene rings is 3. The first-order valence-electron chi connectivity index (χ1n) is 14.8. The number of fused-ring (bicyclic) bond motifs is 1. The molecule has 0 bridgehead atoms. The Balaban J connectivity index is 1.16. The molecule has 0 radical (unpaired) electrons. The normalized spacial score (nSPS) is 24.3. The summed E-state index contributed by atoms with van der Waals surface area (Å²) >= 11 is 0. The van der Waals surface area contributed by atoms with Crippen LogP contribution in [0.4, 0.5) is 5.69 Å². The van der Waals surface area contributed by atoms with Gasteiger partial charge in [0.05, 0.1) is 0 Å². The fourth-order valence-electron chi connectivity index (χ4n) is 7.36. The van der Waals surface area contributed by atoms with Gasteiger partial charge in [0, 0.05) is 31.2 Å². The van der Waals surface area contributed by atoms with Crippen molar-refractivity contribution in [1.29, 1.82) is 0 Å². The van der Waals surface area contributed by atoms with Gasteiger partial charge in [-0.1, -0.05) is 55.0 Å². The van der Waals surface area contributed by atoms with Crippen LogP contribution in [-0.4, -0.2) is 53.3 Å². The third kappa shape index (κ3) is 5.56. The molecule has 5 nitrogen and oxygen atoms in total. The second-order valence-corrected chi connectivity index (χ2v) is 11.8. The van der Waals surface area contributed by atoms with Crippen molar-refractivity contribution < 1.29 is 15.0 Å². The van der Waals surface area contributed by atoms with Gasteiger partial charge in [0.15, 0.2) is 0 Å². The molecule has 2 N–H and O–H groups in total. The molecule has 3 aromatic rings. The molecular weight excluding hydrogens is 484 g/mol. The summed E-state index contributed by atoms with van der Waals surface area (Å²) in [4.78, 5) is 16.4. The summed E-state index contributed by atoms with van der Waals surface area (Å²) in [6.45, 7) is 3.88. The Kier molecular flexibility index (Phi) is 7.60. The van der Waals surface area contributed by atoms with Crippen molar-refractivity contribution >= 4 is 11.7 Å². The topological polar surface area (TPSA) is 64.0 Å². The van der Waals surface area contributed by atoms with Crippen LogP contribution in [0.1, 0.15) is 72.6 Å². The zero-order valence-electron chi connectivity index (χ0n) is 22.7. The maximum atomic E-state index is 11.7. The van der Waals surface area contributed by atoms with Gasteiger partial charge in [-0.2, -0.15) is 0 Å². The van der Waals surface area contributed by atoms with Crippen molar-refractivity contribution in [2.45, 2.75) is 62.8 Å². The minimum atomic E-state index is -0.654. The van der Waals surface area contributed by atoms with Crippen molar-refractivity contribution in [3.63, 3.8) is 0 Å². The number of carbonyl (C=O) groups is 1. The lowest BCUT2D eigenvalue weighted by Crippen LogP contribution is -2.48. The second-order valence-electron chi connectivity index (χ2n) is 11.8. The highest BCUT2D eigenvalue weighted by atomic mass is 16.4. The van der Waals surface area contributed by atoms with Gasteiger partial charge in [-0.15, -0.1) is 0 Å². The Labute approximate surface area is 232 Å². The summed E-state index contributed by atoms with van der Waals surface area (Å²) in [5.74, 6) is 0.946. The molecule has 2 saturated heterocycles. The molecule has 0 aromatic heterocycles. The van der Waals surface area contributed by atoms with Crippen LogP contribution in [0, 0.1) is 5.92 Å². The fourth-order valence-corrected chi connectivity index (χ4v) is 7.36. The minimum absolute atomic E-state index is 0.267. The van der Waals surface area contributed by atoms with E-state index in [-0.39, 0.29) is 12.0 Å². The van der Waals surface area contributed by atoms with Crippen LogP contribution in [0.3, 0.4) is 0 Å². The Hall–Kier alpha value is -3.31. The van der Waals surface area contributed by atoms with E-state index >= 15 is 0 Å². The van der Waals surface area contributed by atoms with Crippen molar-refractivity contribution in [2.24, 2.45) is 5.92 Å². The molecule has 0 spiro atoms. The molecule has 39 heavy (non-hydrogen) atoms. The molecule has 204 valence electrons. The number of anilines is 1. The predicted octanol–water partition coefficient (Wildman–Crippen LogP) is 6.41. The van der Waals surface area contributed by atoms with E-state index in [4.69, 9.17) is 0 Å². The summed E-state index contributed by atoms with van der Waals surface area (Å²) in [6.07, 6.45) is 7.21. The SMILES string of the molecule is O=C(O)[C@H]1CCCCN1CC1CCN(c2ccc([C@@H]3c4ccc(O)cc4CC[C@@H]3c3ccccc3)cc2)CC1. The number of phenolic OH excluding ortho intramolecular Hbond substituents is 1. The molecule has 2 aliphatic heterocycles. The number of carboxylic acids is 1. The number of carboxylic acid groups (broad SMARTS) is 1. The van der Waals surface area contributed by atoms with Gasteiger partial charge >= 0.3 is 5.97 Å². The van der Waals surface area contributed by atoms with Crippen LogP contribution in [-0.2, 0) is 11.2 Å². The van der Waals surface area contributed by atoms with Crippen LogP contribution in [0.2, 0.25) is 0 Å². The molecule has 3 aromatic carbocycles. The lowest BCUT2D eigenvalue weighted by atomic mass is 9.69. The van der Waals surface area contributed by atoms with Crippen molar-refractivity contribution in [3.05, 3.63) is 95.1 Å². The van der Waals surface area contributed by atoms with Gasteiger partial charge in [-0.3, -0.25) is 9.69 Å². The smallest absolute Gasteiger partial charge is 0.320 e. The van der Waals surface area contributed by atoms with E-state index in [0.29, 0.717) is 17.6 Å². The standard InChI is InChI=1S/C34H40N2O3/c37-29-14-16-31-27(22-29)11-15-30(25-6-2-1-3-7-25)33(31)26-9-12-28(13-10-26)35-20-17-24(18-21-35)23-36-19-5-4-8-32(36)34(38)39/h1-3,6-7,9-10,12-14,16,22,24,30,32-33,37H,4-5,8,11,15,17-21,23H2,(H,38,39)/t30-,32-,33+/m1/s1. The van der Waals surface area contributed by atoms with Gasteiger partial charge in [0.25, 0.3) is 0 Å². The molecule has 2 fully saturated rings. The van der Waals surface area contributed by atoms with Gasteiger partial charge in [0.2, 0.25) is 0 Å². The molecule has 2 heterocycles. The maximum absolute atomic E-state index is 11.7. The van der Waals surface area contributed by atoms with Crippen molar-refractivity contribution in [2.75, 3.05) is 31.1 Å². The summed E-state index contributed by atoms with van der Waals surface area (Å²) < 4.78 is 0. The van der Waals surface area contributed by atoms with E-state index in [2.05, 4.69) is 70.5 Å². The highest BCUT2D eigenvalue weighted by Gasteiger charge is 2.33. The van der Waals surface area contributed by atoms with Crippen LogP contribution >= 0.6 is 0 Å². The van der Waals surface area contributed by atoms with E-state index < -0.39 is 5.97 Å².